The van der Waals surface area contributed by atoms with Crippen LogP contribution in [-0.4, -0.2) is 95.1 Å². The van der Waals surface area contributed by atoms with E-state index in [1.807, 2.05) is 6.20 Å². The Morgan fingerprint density at radius 2 is 1.71 bits per heavy atom. The Bertz CT molecular complexity index is 1260. The maximum absolute atomic E-state index is 5.15. The molecule has 0 radical (unpaired) electrons. The number of piperazine rings is 1. The molecule has 2 aromatic heterocycles. The molecule has 8 nitrogen and oxygen atoms in total. The molecule has 0 spiro atoms. The second kappa shape index (κ2) is 12.8. The molecule has 0 bridgehead atoms. The van der Waals surface area contributed by atoms with Gasteiger partial charge < -0.3 is 20.0 Å². The van der Waals surface area contributed by atoms with E-state index >= 15 is 0 Å². The van der Waals surface area contributed by atoms with Crippen LogP contribution in [0.5, 0.6) is 0 Å². The Morgan fingerprint density at radius 1 is 0.927 bits per heavy atom. The van der Waals surface area contributed by atoms with E-state index < -0.39 is 0 Å². The van der Waals surface area contributed by atoms with Crippen molar-refractivity contribution in [2.45, 2.75) is 52.2 Å². The fourth-order valence-electron chi connectivity index (χ4n) is 6.61. The molecule has 8 heteroatoms. The van der Waals surface area contributed by atoms with Gasteiger partial charge in [0.15, 0.2) is 5.82 Å². The zero-order valence-corrected chi connectivity index (χ0v) is 25.1. The first-order valence-corrected chi connectivity index (χ1v) is 15.6. The summed E-state index contributed by atoms with van der Waals surface area (Å²) in [6.45, 7) is 14.8. The summed E-state index contributed by atoms with van der Waals surface area (Å²) in [4.78, 5) is 25.0. The molecule has 2 aliphatic heterocycles. The predicted molar refractivity (Wildman–Crippen MR) is 167 cm³/mol. The van der Waals surface area contributed by atoms with Crippen molar-refractivity contribution in [3.05, 3.63) is 65.5 Å². The number of rotatable bonds is 10. The maximum Gasteiger partial charge on any atom is 0.163 e. The van der Waals surface area contributed by atoms with Crippen LogP contribution in [0, 0.1) is 5.92 Å². The quantitative estimate of drug-likeness (QED) is 0.396. The van der Waals surface area contributed by atoms with E-state index in [2.05, 4.69) is 88.3 Å². The van der Waals surface area contributed by atoms with Crippen LogP contribution < -0.4 is 10.2 Å². The number of aromatic nitrogens is 3. The maximum atomic E-state index is 5.15. The molecule has 3 aliphatic rings. The smallest absolute Gasteiger partial charge is 0.163 e. The Balaban J connectivity index is 1.20. The zero-order chi connectivity index (χ0) is 28.2. The highest BCUT2D eigenvalue weighted by atomic mass is 15.3. The van der Waals surface area contributed by atoms with Crippen molar-refractivity contribution in [3.8, 4) is 11.4 Å². The van der Waals surface area contributed by atoms with Gasteiger partial charge in [0.1, 0.15) is 11.6 Å². The van der Waals surface area contributed by atoms with E-state index in [1.165, 1.54) is 29.7 Å². The molecule has 41 heavy (non-hydrogen) atoms. The molecule has 2 fully saturated rings. The van der Waals surface area contributed by atoms with Crippen LogP contribution in [0.25, 0.3) is 11.4 Å². The van der Waals surface area contributed by atoms with Crippen LogP contribution in [0.4, 0.5) is 11.6 Å². The lowest BCUT2D eigenvalue weighted by Crippen LogP contribution is -2.46. The lowest BCUT2D eigenvalue weighted by atomic mass is 9.79. The van der Waals surface area contributed by atoms with Crippen LogP contribution in [0.1, 0.15) is 43.5 Å². The van der Waals surface area contributed by atoms with Gasteiger partial charge in [-0.1, -0.05) is 44.2 Å². The van der Waals surface area contributed by atoms with Gasteiger partial charge in [-0.05, 0) is 56.6 Å². The topological polar surface area (TPSA) is 63.7 Å². The van der Waals surface area contributed by atoms with Crippen molar-refractivity contribution in [2.75, 3.05) is 69.6 Å². The first-order chi connectivity index (χ1) is 20.1. The number of nitrogens with zero attached hydrogens (tertiary/aromatic N) is 7. The van der Waals surface area contributed by atoms with Gasteiger partial charge in [-0.15, -0.1) is 0 Å². The summed E-state index contributed by atoms with van der Waals surface area (Å²) in [5, 5.41) is 3.80. The summed E-state index contributed by atoms with van der Waals surface area (Å²) >= 11 is 0. The Kier molecular flexibility index (Phi) is 8.79. The SMILES string of the molecule is CCN(CC)C1CC(CNc2nc(-c3ccc(N4CCN(C)CC4)nc3)nc3c2CN(Cc2ccccc2)CC3)C1. The van der Waals surface area contributed by atoms with Crippen molar-refractivity contribution < 1.29 is 0 Å². The first-order valence-electron chi connectivity index (χ1n) is 15.6. The number of anilines is 2. The van der Waals surface area contributed by atoms with Gasteiger partial charge in [0, 0.05) is 82.1 Å². The van der Waals surface area contributed by atoms with Gasteiger partial charge >= 0.3 is 0 Å². The van der Waals surface area contributed by atoms with E-state index in [9.17, 15) is 0 Å². The fourth-order valence-corrected chi connectivity index (χ4v) is 6.61. The highest BCUT2D eigenvalue weighted by Crippen LogP contribution is 2.33. The van der Waals surface area contributed by atoms with Crippen LogP contribution in [-0.2, 0) is 19.5 Å². The molecular formula is C33H46N8. The van der Waals surface area contributed by atoms with Gasteiger partial charge in [-0.25, -0.2) is 15.0 Å². The second-order valence-electron chi connectivity index (χ2n) is 12.1. The lowest BCUT2D eigenvalue weighted by molar-refractivity contribution is 0.0934. The second-order valence-corrected chi connectivity index (χ2v) is 12.1. The number of fused-ring (bicyclic) bond motifs is 1. The van der Waals surface area contributed by atoms with Crippen molar-refractivity contribution in [1.82, 2.24) is 29.7 Å². The van der Waals surface area contributed by atoms with Crippen LogP contribution in [0.3, 0.4) is 0 Å². The number of benzene rings is 1. The lowest BCUT2D eigenvalue weighted by Gasteiger charge is -2.42. The van der Waals surface area contributed by atoms with E-state index in [0.717, 1.165) is 101 Å². The zero-order valence-electron chi connectivity index (χ0n) is 25.1. The third-order valence-electron chi connectivity index (χ3n) is 9.32. The Morgan fingerprint density at radius 3 is 2.41 bits per heavy atom. The average molecular weight is 555 g/mol. The van der Waals surface area contributed by atoms with Gasteiger partial charge in [0.2, 0.25) is 0 Å². The van der Waals surface area contributed by atoms with Gasteiger partial charge in [-0.2, -0.15) is 0 Å². The summed E-state index contributed by atoms with van der Waals surface area (Å²) in [6, 6.07) is 15.8. The molecule has 0 amide bonds. The highest BCUT2D eigenvalue weighted by Gasteiger charge is 2.32. The third-order valence-corrected chi connectivity index (χ3v) is 9.32. The van der Waals surface area contributed by atoms with E-state index in [-0.39, 0.29) is 0 Å². The summed E-state index contributed by atoms with van der Waals surface area (Å²) in [7, 11) is 2.18. The van der Waals surface area contributed by atoms with E-state index in [4.69, 9.17) is 15.0 Å². The molecule has 1 aliphatic carbocycles. The number of likely N-dealkylation sites (N-methyl/N-ethyl adjacent to an activating group) is 1. The summed E-state index contributed by atoms with van der Waals surface area (Å²) in [5.41, 5.74) is 4.79. The van der Waals surface area contributed by atoms with Gasteiger partial charge in [-0.3, -0.25) is 4.90 Å². The molecule has 6 rings (SSSR count). The highest BCUT2D eigenvalue weighted by molar-refractivity contribution is 5.61. The minimum absolute atomic E-state index is 0.697. The molecule has 0 atom stereocenters. The van der Waals surface area contributed by atoms with E-state index in [0.29, 0.717) is 5.92 Å². The van der Waals surface area contributed by atoms with Crippen LogP contribution in [0.15, 0.2) is 48.7 Å². The normalized spacial score (nSPS) is 21.5. The van der Waals surface area contributed by atoms with Crippen LogP contribution >= 0.6 is 0 Å². The third kappa shape index (κ3) is 6.55. The van der Waals surface area contributed by atoms with Crippen molar-refractivity contribution in [1.29, 1.82) is 0 Å². The minimum atomic E-state index is 0.697. The van der Waals surface area contributed by atoms with Crippen LogP contribution in [0.2, 0.25) is 0 Å². The molecule has 1 aromatic carbocycles. The fraction of sp³-hybridized carbons (Fsp3) is 0.545. The molecule has 0 unspecified atom stereocenters. The van der Waals surface area contributed by atoms with E-state index in [1.54, 1.807) is 0 Å². The van der Waals surface area contributed by atoms with Gasteiger partial charge in [0.25, 0.3) is 0 Å². The molecule has 1 N–H and O–H groups in total. The molecule has 1 saturated heterocycles. The number of hydrogen-bond donors (Lipinski definition) is 1. The van der Waals surface area contributed by atoms with Crippen molar-refractivity contribution >= 4 is 11.6 Å². The average Bonchev–Trinajstić information content (AvgIpc) is 2.99. The van der Waals surface area contributed by atoms with Crippen molar-refractivity contribution in [2.24, 2.45) is 5.92 Å². The predicted octanol–water partition coefficient (Wildman–Crippen LogP) is 4.38. The summed E-state index contributed by atoms with van der Waals surface area (Å²) < 4.78 is 0. The summed E-state index contributed by atoms with van der Waals surface area (Å²) in [6.07, 6.45) is 5.44. The summed E-state index contributed by atoms with van der Waals surface area (Å²) in [5.74, 6) is 3.54. The Labute approximate surface area is 245 Å². The number of pyridine rings is 1. The Hall–Kier alpha value is -3.07. The number of nitrogens with one attached hydrogen (secondary N) is 1. The first kappa shape index (κ1) is 28.1. The monoisotopic (exact) mass is 554 g/mol. The largest absolute Gasteiger partial charge is 0.369 e. The van der Waals surface area contributed by atoms with Gasteiger partial charge in [0.05, 0.1) is 5.69 Å². The minimum Gasteiger partial charge on any atom is -0.369 e. The molecule has 3 aromatic rings. The molecule has 4 heterocycles. The molecule has 218 valence electrons. The number of hydrogen-bond acceptors (Lipinski definition) is 8. The van der Waals surface area contributed by atoms with Crippen molar-refractivity contribution in [3.63, 3.8) is 0 Å². The standard InChI is InChI=1S/C33H46N8/c1-4-40(5-2)28-19-26(20-28)21-35-33-29-24-39(23-25-9-7-6-8-10-25)14-13-30(29)36-32(37-33)27-11-12-31(34-22-27)41-17-15-38(3)16-18-41/h6-12,22,26,28H,4-5,13-21,23-24H2,1-3H3,(H,35,36,37). The molecule has 1 saturated carbocycles. The molecular weight excluding hydrogens is 508 g/mol.